The van der Waals surface area contributed by atoms with Crippen molar-refractivity contribution in [3.63, 3.8) is 0 Å². The molecule has 4 rings (SSSR count). The number of hydrogen-bond donors (Lipinski definition) is 1. The highest BCUT2D eigenvalue weighted by Crippen LogP contribution is 2.61. The van der Waals surface area contributed by atoms with Crippen LogP contribution < -0.4 is 0 Å². The molecule has 2 saturated carbocycles. The minimum Gasteiger partial charge on any atom is -0.388 e. The zero-order valence-electron chi connectivity index (χ0n) is 13.8. The molecule has 0 radical (unpaired) electrons. The largest absolute Gasteiger partial charge is 0.388 e. The third-order valence-electron chi connectivity index (χ3n) is 7.46. The number of ketones is 1. The third kappa shape index (κ3) is 1.99. The van der Waals surface area contributed by atoms with Crippen LogP contribution in [0.4, 0.5) is 0 Å². The van der Waals surface area contributed by atoms with Crippen molar-refractivity contribution >= 4 is 5.78 Å². The van der Waals surface area contributed by atoms with E-state index in [1.165, 1.54) is 12.0 Å². The minimum absolute atomic E-state index is 0.0654. The highest BCUT2D eigenvalue weighted by molar-refractivity contribution is 5.91. The predicted molar refractivity (Wildman–Crippen MR) is 87.2 cm³/mol. The molecule has 2 nitrogen and oxygen atoms in total. The summed E-state index contributed by atoms with van der Waals surface area (Å²) in [6.45, 7) is 4.69. The van der Waals surface area contributed by atoms with Crippen LogP contribution in [-0.4, -0.2) is 17.0 Å². The lowest BCUT2D eigenvalue weighted by molar-refractivity contribution is -0.117. The molecule has 1 N–H and O–H groups in total. The van der Waals surface area contributed by atoms with Crippen LogP contribution in [0.2, 0.25) is 0 Å². The van der Waals surface area contributed by atoms with Crippen LogP contribution in [0.15, 0.2) is 23.8 Å². The highest BCUT2D eigenvalue weighted by Gasteiger charge is 2.55. The average molecular weight is 300 g/mol. The Labute approximate surface area is 133 Å². The molecule has 0 spiro atoms. The monoisotopic (exact) mass is 300 g/mol. The quantitative estimate of drug-likeness (QED) is 0.689. The Morgan fingerprint density at radius 3 is 2.95 bits per heavy atom. The van der Waals surface area contributed by atoms with Gasteiger partial charge in [-0.1, -0.05) is 31.6 Å². The van der Waals surface area contributed by atoms with E-state index >= 15 is 0 Å². The van der Waals surface area contributed by atoms with Crippen LogP contribution in [0.1, 0.15) is 52.4 Å². The van der Waals surface area contributed by atoms with Gasteiger partial charge in [0.2, 0.25) is 0 Å². The standard InChI is InChI=1S/C20H28O2/c1-12-10-13-11-14(21)6-7-15(13)16-8-9-20(2)17(19(12)16)4-3-5-18(20)22/h3,5,11-12,15-19,22H,4,6-10H2,1-2H3/t12-,15+,16-,17?,18+,19-,20+/m1/s1. The van der Waals surface area contributed by atoms with Gasteiger partial charge >= 0.3 is 0 Å². The summed E-state index contributed by atoms with van der Waals surface area (Å²) in [6, 6.07) is 0. The van der Waals surface area contributed by atoms with Gasteiger partial charge in [0.25, 0.3) is 0 Å². The molecular weight excluding hydrogens is 272 g/mol. The fraction of sp³-hybridized carbons (Fsp3) is 0.750. The van der Waals surface area contributed by atoms with Gasteiger partial charge in [-0.2, -0.15) is 0 Å². The molecule has 1 unspecified atom stereocenters. The number of rotatable bonds is 0. The van der Waals surface area contributed by atoms with Gasteiger partial charge in [0, 0.05) is 11.8 Å². The molecular formula is C20H28O2. The van der Waals surface area contributed by atoms with Crippen molar-refractivity contribution in [2.24, 2.45) is 35.0 Å². The molecule has 2 fully saturated rings. The molecule has 4 aliphatic carbocycles. The van der Waals surface area contributed by atoms with Gasteiger partial charge in [0.15, 0.2) is 5.78 Å². The van der Waals surface area contributed by atoms with Crippen LogP contribution in [0.3, 0.4) is 0 Å². The number of allylic oxidation sites excluding steroid dienone is 3. The third-order valence-corrected chi connectivity index (χ3v) is 7.46. The van der Waals surface area contributed by atoms with Gasteiger partial charge in [-0.25, -0.2) is 0 Å². The van der Waals surface area contributed by atoms with E-state index in [1.807, 2.05) is 12.2 Å². The zero-order valence-corrected chi connectivity index (χ0v) is 13.8. The molecule has 22 heavy (non-hydrogen) atoms. The molecule has 120 valence electrons. The van der Waals surface area contributed by atoms with Crippen LogP contribution in [0.25, 0.3) is 0 Å². The summed E-state index contributed by atoms with van der Waals surface area (Å²) >= 11 is 0. The first-order valence-corrected chi connectivity index (χ1v) is 9.08. The van der Waals surface area contributed by atoms with Crippen LogP contribution >= 0.6 is 0 Å². The predicted octanol–water partition coefficient (Wildman–Crippen LogP) is 3.90. The van der Waals surface area contributed by atoms with E-state index in [9.17, 15) is 9.90 Å². The number of aliphatic hydroxyl groups is 1. The van der Waals surface area contributed by atoms with Gasteiger partial charge in [0.05, 0.1) is 6.10 Å². The summed E-state index contributed by atoms with van der Waals surface area (Å²) in [5, 5.41) is 10.6. The Bertz CT molecular complexity index is 546. The Morgan fingerprint density at radius 1 is 1.32 bits per heavy atom. The molecule has 4 aliphatic rings. The smallest absolute Gasteiger partial charge is 0.155 e. The van der Waals surface area contributed by atoms with Gasteiger partial charge in [-0.15, -0.1) is 0 Å². The highest BCUT2D eigenvalue weighted by atomic mass is 16.3. The second-order valence-electron chi connectivity index (χ2n) is 8.51. The van der Waals surface area contributed by atoms with Gasteiger partial charge in [-0.05, 0) is 67.8 Å². The first kappa shape index (κ1) is 14.7. The molecule has 0 amide bonds. The van der Waals surface area contributed by atoms with Crippen molar-refractivity contribution in [1.29, 1.82) is 0 Å². The Kier molecular flexibility index (Phi) is 3.38. The Morgan fingerprint density at radius 2 is 2.14 bits per heavy atom. The number of aliphatic hydroxyl groups excluding tert-OH is 1. The van der Waals surface area contributed by atoms with E-state index in [2.05, 4.69) is 19.9 Å². The molecule has 0 aliphatic heterocycles. The van der Waals surface area contributed by atoms with E-state index in [4.69, 9.17) is 0 Å². The number of fused-ring (bicyclic) bond motifs is 5. The van der Waals surface area contributed by atoms with Crippen LogP contribution in [0, 0.1) is 35.0 Å². The maximum absolute atomic E-state index is 11.8. The maximum Gasteiger partial charge on any atom is 0.155 e. The topological polar surface area (TPSA) is 37.3 Å². The minimum atomic E-state index is -0.274. The average Bonchev–Trinajstić information content (AvgIpc) is 2.48. The number of hydrogen-bond acceptors (Lipinski definition) is 2. The summed E-state index contributed by atoms with van der Waals surface area (Å²) in [5.74, 6) is 3.69. The molecule has 2 heteroatoms. The van der Waals surface area contributed by atoms with Gasteiger partial charge in [0.1, 0.15) is 0 Å². The number of carbonyl (C=O) groups excluding carboxylic acids is 1. The summed E-state index contributed by atoms with van der Waals surface area (Å²) in [4.78, 5) is 11.8. The lowest BCUT2D eigenvalue weighted by atomic mass is 9.46. The lowest BCUT2D eigenvalue weighted by Gasteiger charge is -2.58. The summed E-state index contributed by atoms with van der Waals surface area (Å²) in [6.07, 6.45) is 12.3. The molecule has 0 saturated heterocycles. The van der Waals surface area contributed by atoms with Crippen molar-refractivity contribution in [3.05, 3.63) is 23.8 Å². The summed E-state index contributed by atoms with van der Waals surface area (Å²) in [5.41, 5.74) is 1.51. The molecule has 0 heterocycles. The van der Waals surface area contributed by atoms with Crippen LogP contribution in [-0.2, 0) is 4.79 Å². The SMILES string of the molecule is C[C@@H]1CC2=CC(=O)CC[C@@H]2[C@H]2CC[C@@]3(C)C(CC=C[C@@H]3O)[C@@H]21. The van der Waals surface area contributed by atoms with Gasteiger partial charge in [-0.3, -0.25) is 4.79 Å². The first-order valence-electron chi connectivity index (χ1n) is 9.08. The molecule has 0 aromatic heterocycles. The summed E-state index contributed by atoms with van der Waals surface area (Å²) in [7, 11) is 0. The second kappa shape index (κ2) is 5.06. The molecule has 0 aromatic rings. The van der Waals surface area contributed by atoms with Crippen molar-refractivity contribution in [3.8, 4) is 0 Å². The first-order chi connectivity index (χ1) is 10.5. The van der Waals surface area contributed by atoms with Crippen molar-refractivity contribution < 1.29 is 9.90 Å². The molecule has 7 atom stereocenters. The van der Waals surface area contributed by atoms with E-state index in [1.54, 1.807) is 0 Å². The van der Waals surface area contributed by atoms with E-state index in [-0.39, 0.29) is 11.5 Å². The van der Waals surface area contributed by atoms with Gasteiger partial charge < -0.3 is 5.11 Å². The van der Waals surface area contributed by atoms with Crippen molar-refractivity contribution in [1.82, 2.24) is 0 Å². The van der Waals surface area contributed by atoms with E-state index in [0.717, 1.165) is 38.0 Å². The van der Waals surface area contributed by atoms with Crippen molar-refractivity contribution in [2.75, 3.05) is 0 Å². The van der Waals surface area contributed by atoms with Crippen LogP contribution in [0.5, 0.6) is 0 Å². The summed E-state index contributed by atoms with van der Waals surface area (Å²) < 4.78 is 0. The van der Waals surface area contributed by atoms with E-state index < -0.39 is 0 Å². The second-order valence-corrected chi connectivity index (χ2v) is 8.51. The van der Waals surface area contributed by atoms with E-state index in [0.29, 0.717) is 29.5 Å². The normalized spacial score (nSPS) is 50.7. The fourth-order valence-electron chi connectivity index (χ4n) is 6.33. The zero-order chi connectivity index (χ0) is 15.5. The maximum atomic E-state index is 11.8. The lowest BCUT2D eigenvalue weighted by Crippen LogP contribution is -2.54. The Balaban J connectivity index is 1.69. The molecule has 0 bridgehead atoms. The molecule has 0 aromatic carbocycles. The fourth-order valence-corrected chi connectivity index (χ4v) is 6.33. The van der Waals surface area contributed by atoms with Crippen molar-refractivity contribution in [2.45, 2.75) is 58.5 Å². The Hall–Kier alpha value is -0.890. The number of carbonyl (C=O) groups is 1.